The molecule has 152 valence electrons. The second kappa shape index (κ2) is 8.83. The second-order valence-corrected chi connectivity index (χ2v) is 9.03. The van der Waals surface area contributed by atoms with E-state index in [0.717, 1.165) is 0 Å². The van der Waals surface area contributed by atoms with Gasteiger partial charge in [-0.1, -0.05) is 12.1 Å². The fraction of sp³-hybridized carbons (Fsp3) is 0.667. The van der Waals surface area contributed by atoms with Gasteiger partial charge in [-0.3, -0.25) is 4.90 Å². The molecule has 0 aliphatic carbocycles. The summed E-state index contributed by atoms with van der Waals surface area (Å²) in [5, 5.41) is 0. The molecule has 2 heterocycles. The van der Waals surface area contributed by atoms with Gasteiger partial charge in [0.25, 0.3) is 10.2 Å². The third kappa shape index (κ3) is 5.17. The van der Waals surface area contributed by atoms with Crippen LogP contribution in [0.5, 0.6) is 5.75 Å². The molecule has 0 aromatic heterocycles. The van der Waals surface area contributed by atoms with Gasteiger partial charge in [0.15, 0.2) is 11.6 Å². The van der Waals surface area contributed by atoms with Crippen molar-refractivity contribution in [3.05, 3.63) is 30.1 Å². The van der Waals surface area contributed by atoms with Gasteiger partial charge in [0, 0.05) is 45.8 Å². The maximum Gasteiger partial charge on any atom is 0.282 e. The van der Waals surface area contributed by atoms with Gasteiger partial charge in [-0.2, -0.15) is 17.0 Å². The van der Waals surface area contributed by atoms with Crippen LogP contribution in [0.2, 0.25) is 0 Å². The molecule has 27 heavy (non-hydrogen) atoms. The first-order chi connectivity index (χ1) is 12.9. The standard InChI is InChI=1S/C18H28FN3O4S/c1-15-13-22(14-16(2)26-15)27(23,24)21-9-7-20(8-10-21)11-12-25-18-6-4-3-5-17(18)19/h3-6,15-16H,7-14H2,1-2H3/t15-,16-/m0/s1. The average Bonchev–Trinajstić information content (AvgIpc) is 2.63. The number of para-hydroxylation sites is 1. The first-order valence-corrected chi connectivity index (χ1v) is 10.8. The molecule has 9 heteroatoms. The van der Waals surface area contributed by atoms with Gasteiger partial charge in [-0.15, -0.1) is 0 Å². The van der Waals surface area contributed by atoms with Gasteiger partial charge in [0.2, 0.25) is 0 Å². The molecule has 0 spiro atoms. The number of hydrogen-bond acceptors (Lipinski definition) is 5. The molecule has 1 aromatic carbocycles. The van der Waals surface area contributed by atoms with Crippen molar-refractivity contribution in [2.75, 3.05) is 52.4 Å². The van der Waals surface area contributed by atoms with Crippen LogP contribution in [0.1, 0.15) is 13.8 Å². The highest BCUT2D eigenvalue weighted by molar-refractivity contribution is 7.86. The van der Waals surface area contributed by atoms with Crippen LogP contribution in [0.25, 0.3) is 0 Å². The van der Waals surface area contributed by atoms with Crippen LogP contribution in [-0.2, 0) is 14.9 Å². The normalized spacial score (nSPS) is 26.2. The van der Waals surface area contributed by atoms with Crippen molar-refractivity contribution in [3.8, 4) is 5.75 Å². The third-order valence-corrected chi connectivity index (χ3v) is 6.84. The Labute approximate surface area is 160 Å². The molecule has 0 N–H and O–H groups in total. The Kier molecular flexibility index (Phi) is 6.69. The Bertz CT molecular complexity index is 715. The second-order valence-electron chi connectivity index (χ2n) is 7.10. The van der Waals surface area contributed by atoms with E-state index in [1.165, 1.54) is 10.4 Å². The van der Waals surface area contributed by atoms with E-state index in [4.69, 9.17) is 9.47 Å². The highest BCUT2D eigenvalue weighted by atomic mass is 32.2. The maximum atomic E-state index is 13.5. The molecule has 0 amide bonds. The lowest BCUT2D eigenvalue weighted by atomic mass is 10.3. The molecule has 3 rings (SSSR count). The Balaban J connectivity index is 1.46. The average molecular weight is 402 g/mol. The quantitative estimate of drug-likeness (QED) is 0.716. The number of piperazine rings is 1. The number of benzene rings is 1. The summed E-state index contributed by atoms with van der Waals surface area (Å²) in [7, 11) is -3.46. The molecule has 0 unspecified atom stereocenters. The smallest absolute Gasteiger partial charge is 0.282 e. The molecule has 2 fully saturated rings. The van der Waals surface area contributed by atoms with Crippen molar-refractivity contribution in [2.24, 2.45) is 0 Å². The van der Waals surface area contributed by atoms with E-state index in [-0.39, 0.29) is 23.8 Å². The van der Waals surface area contributed by atoms with Gasteiger partial charge in [0.1, 0.15) is 6.61 Å². The molecule has 1 aromatic rings. The predicted octanol–water partition coefficient (Wildman–Crippen LogP) is 1.18. The first-order valence-electron chi connectivity index (χ1n) is 9.36. The zero-order valence-corrected chi connectivity index (χ0v) is 16.7. The van der Waals surface area contributed by atoms with E-state index < -0.39 is 10.2 Å². The van der Waals surface area contributed by atoms with E-state index in [2.05, 4.69) is 4.90 Å². The van der Waals surface area contributed by atoms with Crippen LogP contribution in [0.3, 0.4) is 0 Å². The number of hydrogen-bond donors (Lipinski definition) is 0. The lowest BCUT2D eigenvalue weighted by Gasteiger charge is -2.40. The van der Waals surface area contributed by atoms with Crippen molar-refractivity contribution < 1.29 is 22.3 Å². The summed E-state index contributed by atoms with van der Waals surface area (Å²) >= 11 is 0. The van der Waals surface area contributed by atoms with E-state index in [1.54, 1.807) is 22.5 Å². The molecular weight excluding hydrogens is 373 g/mol. The molecule has 2 aliphatic rings. The van der Waals surface area contributed by atoms with Crippen molar-refractivity contribution in [1.82, 2.24) is 13.5 Å². The monoisotopic (exact) mass is 401 g/mol. The molecule has 0 saturated carbocycles. The number of ether oxygens (including phenoxy) is 2. The van der Waals surface area contributed by atoms with E-state index in [0.29, 0.717) is 52.4 Å². The minimum atomic E-state index is -3.46. The Hall–Kier alpha value is -1.26. The minimum absolute atomic E-state index is 0.0969. The topological polar surface area (TPSA) is 62.3 Å². The lowest BCUT2D eigenvalue weighted by molar-refractivity contribution is -0.0457. The van der Waals surface area contributed by atoms with Gasteiger partial charge in [-0.05, 0) is 26.0 Å². The van der Waals surface area contributed by atoms with Gasteiger partial charge in [0.05, 0.1) is 12.2 Å². The summed E-state index contributed by atoms with van der Waals surface area (Å²) in [5.74, 6) is -0.128. The zero-order valence-electron chi connectivity index (χ0n) is 15.9. The molecule has 2 saturated heterocycles. The SMILES string of the molecule is C[C@H]1CN(S(=O)(=O)N2CCN(CCOc3ccccc3F)CC2)C[C@H](C)O1. The summed E-state index contributed by atoms with van der Waals surface area (Å²) in [5.41, 5.74) is 0. The molecule has 0 radical (unpaired) electrons. The summed E-state index contributed by atoms with van der Waals surface area (Å²) < 4.78 is 53.5. The molecule has 2 aliphatic heterocycles. The van der Waals surface area contributed by atoms with Crippen LogP contribution in [0.4, 0.5) is 4.39 Å². The summed E-state index contributed by atoms with van der Waals surface area (Å²) in [6, 6.07) is 6.32. The van der Waals surface area contributed by atoms with Crippen molar-refractivity contribution in [2.45, 2.75) is 26.1 Å². The van der Waals surface area contributed by atoms with Crippen LogP contribution in [0.15, 0.2) is 24.3 Å². The molecule has 2 atom stereocenters. The van der Waals surface area contributed by atoms with Crippen molar-refractivity contribution in [3.63, 3.8) is 0 Å². The van der Waals surface area contributed by atoms with Crippen LogP contribution in [0, 0.1) is 5.82 Å². The zero-order chi connectivity index (χ0) is 19.4. The van der Waals surface area contributed by atoms with Crippen molar-refractivity contribution >= 4 is 10.2 Å². The molecule has 0 bridgehead atoms. The number of morpholine rings is 1. The minimum Gasteiger partial charge on any atom is -0.489 e. The van der Waals surface area contributed by atoms with Gasteiger partial charge < -0.3 is 9.47 Å². The highest BCUT2D eigenvalue weighted by Crippen LogP contribution is 2.19. The largest absolute Gasteiger partial charge is 0.489 e. The number of halogens is 1. The first kappa shape index (κ1) is 20.5. The predicted molar refractivity (Wildman–Crippen MR) is 100 cm³/mol. The van der Waals surface area contributed by atoms with Gasteiger partial charge in [-0.25, -0.2) is 4.39 Å². The maximum absolute atomic E-state index is 13.5. The summed E-state index contributed by atoms with van der Waals surface area (Å²) in [4.78, 5) is 2.14. The molecule has 7 nitrogen and oxygen atoms in total. The Morgan fingerprint density at radius 2 is 1.70 bits per heavy atom. The number of rotatable bonds is 6. The molecular formula is C18H28FN3O4S. The fourth-order valence-electron chi connectivity index (χ4n) is 3.51. The highest BCUT2D eigenvalue weighted by Gasteiger charge is 2.36. The van der Waals surface area contributed by atoms with Gasteiger partial charge >= 0.3 is 0 Å². The van der Waals surface area contributed by atoms with Crippen LogP contribution in [-0.4, -0.2) is 86.6 Å². The number of nitrogens with zero attached hydrogens (tertiary/aromatic N) is 3. The fourth-order valence-corrected chi connectivity index (χ4v) is 5.26. The van der Waals surface area contributed by atoms with Crippen LogP contribution >= 0.6 is 0 Å². The summed E-state index contributed by atoms with van der Waals surface area (Å²) in [6.07, 6.45) is -0.194. The third-order valence-electron chi connectivity index (χ3n) is 4.87. The van der Waals surface area contributed by atoms with E-state index in [1.807, 2.05) is 13.8 Å². The summed E-state index contributed by atoms with van der Waals surface area (Å²) in [6.45, 7) is 7.74. The van der Waals surface area contributed by atoms with Crippen molar-refractivity contribution in [1.29, 1.82) is 0 Å². The van der Waals surface area contributed by atoms with Crippen LogP contribution < -0.4 is 4.74 Å². The Morgan fingerprint density at radius 1 is 1.07 bits per heavy atom. The Morgan fingerprint density at radius 3 is 2.33 bits per heavy atom. The van der Waals surface area contributed by atoms with E-state index in [9.17, 15) is 12.8 Å². The lowest BCUT2D eigenvalue weighted by Crippen LogP contribution is -2.57. The van der Waals surface area contributed by atoms with E-state index >= 15 is 0 Å².